The van der Waals surface area contributed by atoms with Gasteiger partial charge in [-0.2, -0.15) is 0 Å². The van der Waals surface area contributed by atoms with Crippen LogP contribution in [0.25, 0.3) is 0 Å². The number of hydrogen-bond acceptors (Lipinski definition) is 4. The maximum atomic E-state index is 12.6. The van der Waals surface area contributed by atoms with Crippen molar-refractivity contribution < 1.29 is 24.2 Å². The summed E-state index contributed by atoms with van der Waals surface area (Å²) < 4.78 is 10.9. The van der Waals surface area contributed by atoms with Gasteiger partial charge in [-0.15, -0.1) is 0 Å². The zero-order valence-electron chi connectivity index (χ0n) is 16.3. The Labute approximate surface area is 164 Å². The van der Waals surface area contributed by atoms with Crippen LogP contribution in [0.1, 0.15) is 42.1 Å². The largest absolute Gasteiger partial charge is 0.496 e. The van der Waals surface area contributed by atoms with Gasteiger partial charge in [0.1, 0.15) is 17.1 Å². The van der Waals surface area contributed by atoms with Crippen molar-refractivity contribution in [3.8, 4) is 11.5 Å². The molecule has 28 heavy (non-hydrogen) atoms. The number of methoxy groups -OCH3 is 1. The average molecular weight is 383 g/mol. The van der Waals surface area contributed by atoms with E-state index < -0.39 is 5.97 Å². The summed E-state index contributed by atoms with van der Waals surface area (Å²) in [5.74, 6) is 0.540. The van der Waals surface area contributed by atoms with Gasteiger partial charge in [-0.05, 0) is 47.9 Å². The summed E-state index contributed by atoms with van der Waals surface area (Å²) in [5.41, 5.74) is 1.84. The molecule has 6 heteroatoms. The van der Waals surface area contributed by atoms with Gasteiger partial charge in [0.05, 0.1) is 13.7 Å². The van der Waals surface area contributed by atoms with Crippen molar-refractivity contribution >= 4 is 17.6 Å². The summed E-state index contributed by atoms with van der Waals surface area (Å²) >= 11 is 0. The van der Waals surface area contributed by atoms with Crippen molar-refractivity contribution in [1.82, 2.24) is 0 Å². The number of ether oxygens (including phenoxy) is 2. The number of amides is 1. The van der Waals surface area contributed by atoms with E-state index in [1.165, 1.54) is 13.2 Å². The van der Waals surface area contributed by atoms with Crippen LogP contribution in [-0.2, 0) is 4.79 Å². The maximum Gasteiger partial charge on any atom is 0.339 e. The number of carbonyl (C=O) groups is 2. The van der Waals surface area contributed by atoms with Crippen molar-refractivity contribution in [2.75, 3.05) is 25.2 Å². The standard InChI is InChI=1S/C22H25NO5/c1-14(2)13-28-18-7-5-17(6-8-18)23-12-16(11-21(23)24)15-4-9-19(22(25)26)20(10-15)27-3/h4-10,14,16H,11-13H2,1-3H3,(H,25,26). The zero-order chi connectivity index (χ0) is 20.3. The molecule has 0 saturated carbocycles. The van der Waals surface area contributed by atoms with E-state index in [4.69, 9.17) is 9.47 Å². The first-order chi connectivity index (χ1) is 13.4. The molecular weight excluding hydrogens is 358 g/mol. The van der Waals surface area contributed by atoms with E-state index in [0.717, 1.165) is 17.0 Å². The maximum absolute atomic E-state index is 12.6. The molecule has 0 radical (unpaired) electrons. The summed E-state index contributed by atoms with van der Waals surface area (Å²) in [5, 5.41) is 9.22. The normalized spacial score (nSPS) is 16.5. The molecule has 1 heterocycles. The Morgan fingerprint density at radius 1 is 1.21 bits per heavy atom. The third kappa shape index (κ3) is 4.27. The van der Waals surface area contributed by atoms with E-state index in [-0.39, 0.29) is 17.4 Å². The van der Waals surface area contributed by atoms with Gasteiger partial charge in [0.25, 0.3) is 0 Å². The lowest BCUT2D eigenvalue weighted by Gasteiger charge is -2.18. The highest BCUT2D eigenvalue weighted by Crippen LogP contribution is 2.34. The number of benzene rings is 2. The topological polar surface area (TPSA) is 76.1 Å². The molecule has 0 spiro atoms. The summed E-state index contributed by atoms with van der Waals surface area (Å²) in [7, 11) is 1.45. The van der Waals surface area contributed by atoms with Crippen LogP contribution >= 0.6 is 0 Å². The molecular formula is C22H25NO5. The van der Waals surface area contributed by atoms with Gasteiger partial charge < -0.3 is 19.5 Å². The molecule has 0 aliphatic carbocycles. The first-order valence-electron chi connectivity index (χ1n) is 9.33. The number of rotatable bonds is 7. The second-order valence-corrected chi connectivity index (χ2v) is 7.37. The second-order valence-electron chi connectivity index (χ2n) is 7.37. The fraction of sp³-hybridized carbons (Fsp3) is 0.364. The summed E-state index contributed by atoms with van der Waals surface area (Å²) in [6, 6.07) is 12.6. The first kappa shape index (κ1) is 19.7. The minimum Gasteiger partial charge on any atom is -0.496 e. The third-order valence-corrected chi connectivity index (χ3v) is 4.78. The van der Waals surface area contributed by atoms with E-state index in [1.807, 2.05) is 24.3 Å². The Morgan fingerprint density at radius 3 is 2.54 bits per heavy atom. The van der Waals surface area contributed by atoms with E-state index in [9.17, 15) is 14.7 Å². The van der Waals surface area contributed by atoms with E-state index in [2.05, 4.69) is 13.8 Å². The predicted molar refractivity (Wildman–Crippen MR) is 106 cm³/mol. The molecule has 0 aromatic heterocycles. The summed E-state index contributed by atoms with van der Waals surface area (Å²) in [6.07, 6.45) is 0.376. The van der Waals surface area contributed by atoms with Crippen LogP contribution in [0.5, 0.6) is 11.5 Å². The number of aromatic carboxylic acids is 1. The highest BCUT2D eigenvalue weighted by atomic mass is 16.5. The molecule has 1 N–H and O–H groups in total. The smallest absolute Gasteiger partial charge is 0.339 e. The molecule has 1 fully saturated rings. The quantitative estimate of drug-likeness (QED) is 0.783. The van der Waals surface area contributed by atoms with Gasteiger partial charge in [0, 0.05) is 24.6 Å². The van der Waals surface area contributed by atoms with Crippen LogP contribution in [0, 0.1) is 5.92 Å². The molecule has 1 aliphatic rings. The lowest BCUT2D eigenvalue weighted by molar-refractivity contribution is -0.117. The minimum atomic E-state index is -1.03. The SMILES string of the molecule is COc1cc(C2CC(=O)N(c3ccc(OCC(C)C)cc3)C2)ccc1C(=O)O. The van der Waals surface area contributed by atoms with Gasteiger partial charge in [0.15, 0.2) is 0 Å². The van der Waals surface area contributed by atoms with Crippen LogP contribution in [-0.4, -0.2) is 37.2 Å². The zero-order valence-corrected chi connectivity index (χ0v) is 16.3. The Hall–Kier alpha value is -3.02. The average Bonchev–Trinajstić information content (AvgIpc) is 3.07. The monoisotopic (exact) mass is 383 g/mol. The van der Waals surface area contributed by atoms with Crippen molar-refractivity contribution in [2.24, 2.45) is 5.92 Å². The van der Waals surface area contributed by atoms with Crippen molar-refractivity contribution in [1.29, 1.82) is 0 Å². The Balaban J connectivity index is 1.74. The molecule has 2 aromatic carbocycles. The van der Waals surface area contributed by atoms with Crippen LogP contribution in [0.2, 0.25) is 0 Å². The molecule has 6 nitrogen and oxygen atoms in total. The van der Waals surface area contributed by atoms with Gasteiger partial charge >= 0.3 is 5.97 Å². The Bertz CT molecular complexity index is 860. The highest BCUT2D eigenvalue weighted by molar-refractivity contribution is 5.96. The van der Waals surface area contributed by atoms with Gasteiger partial charge in [0.2, 0.25) is 5.91 Å². The number of hydrogen-bond donors (Lipinski definition) is 1. The van der Waals surface area contributed by atoms with Crippen LogP contribution in [0.15, 0.2) is 42.5 Å². The lowest BCUT2D eigenvalue weighted by Crippen LogP contribution is -2.24. The lowest BCUT2D eigenvalue weighted by atomic mass is 9.96. The van der Waals surface area contributed by atoms with Gasteiger partial charge in [-0.1, -0.05) is 19.9 Å². The molecule has 148 valence electrons. The number of anilines is 1. The van der Waals surface area contributed by atoms with Crippen molar-refractivity contribution in [3.63, 3.8) is 0 Å². The molecule has 1 aliphatic heterocycles. The molecule has 2 aromatic rings. The fourth-order valence-electron chi connectivity index (χ4n) is 3.30. The van der Waals surface area contributed by atoms with Gasteiger partial charge in [-0.3, -0.25) is 4.79 Å². The summed E-state index contributed by atoms with van der Waals surface area (Å²) in [4.78, 5) is 25.6. The van der Waals surface area contributed by atoms with E-state index >= 15 is 0 Å². The number of nitrogens with zero attached hydrogens (tertiary/aromatic N) is 1. The van der Waals surface area contributed by atoms with Crippen molar-refractivity contribution in [3.05, 3.63) is 53.6 Å². The van der Waals surface area contributed by atoms with Crippen LogP contribution < -0.4 is 14.4 Å². The van der Waals surface area contributed by atoms with E-state index in [0.29, 0.717) is 31.2 Å². The van der Waals surface area contributed by atoms with Crippen molar-refractivity contribution in [2.45, 2.75) is 26.2 Å². The number of carboxylic acid groups (broad SMARTS) is 1. The Morgan fingerprint density at radius 2 is 1.93 bits per heavy atom. The second kappa shape index (κ2) is 8.33. The fourth-order valence-corrected chi connectivity index (χ4v) is 3.30. The van der Waals surface area contributed by atoms with E-state index in [1.54, 1.807) is 17.0 Å². The number of carbonyl (C=O) groups excluding carboxylic acids is 1. The predicted octanol–water partition coefficient (Wildman–Crippen LogP) is 3.95. The molecule has 1 atom stereocenters. The molecule has 1 saturated heterocycles. The molecule has 3 rings (SSSR count). The Kier molecular flexibility index (Phi) is 5.87. The third-order valence-electron chi connectivity index (χ3n) is 4.78. The summed E-state index contributed by atoms with van der Waals surface area (Å²) in [6.45, 7) is 5.38. The molecule has 0 bridgehead atoms. The molecule has 1 unspecified atom stereocenters. The van der Waals surface area contributed by atoms with Crippen LogP contribution in [0.4, 0.5) is 5.69 Å². The van der Waals surface area contributed by atoms with Gasteiger partial charge in [-0.25, -0.2) is 4.79 Å². The molecule has 1 amide bonds. The number of carboxylic acids is 1. The first-order valence-corrected chi connectivity index (χ1v) is 9.33. The highest BCUT2D eigenvalue weighted by Gasteiger charge is 2.32. The van der Waals surface area contributed by atoms with Crippen LogP contribution in [0.3, 0.4) is 0 Å². The minimum absolute atomic E-state index is 0.0129.